The summed E-state index contributed by atoms with van der Waals surface area (Å²) in [5, 5.41) is 10.5. The van der Waals surface area contributed by atoms with Crippen molar-refractivity contribution in [1.82, 2.24) is 15.9 Å². The predicted molar refractivity (Wildman–Crippen MR) is 53.8 cm³/mol. The van der Waals surface area contributed by atoms with Crippen LogP contribution in [-0.4, -0.2) is 16.1 Å². The van der Waals surface area contributed by atoms with Crippen molar-refractivity contribution in [3.05, 3.63) is 35.8 Å². The van der Waals surface area contributed by atoms with Crippen molar-refractivity contribution in [3.8, 4) is 0 Å². The molecule has 0 fully saturated rings. The SMILES string of the molecule is Cc1ccc(C(=O)O)c(N2C=CNN2)n1. The van der Waals surface area contributed by atoms with E-state index in [1.54, 1.807) is 18.5 Å². The monoisotopic (exact) mass is 206 g/mol. The van der Waals surface area contributed by atoms with E-state index in [1.165, 1.54) is 11.1 Å². The summed E-state index contributed by atoms with van der Waals surface area (Å²) in [6.45, 7) is 1.81. The lowest BCUT2D eigenvalue weighted by Gasteiger charge is -2.16. The highest BCUT2D eigenvalue weighted by atomic mass is 16.4. The van der Waals surface area contributed by atoms with Crippen LogP contribution in [0.15, 0.2) is 24.5 Å². The summed E-state index contributed by atoms with van der Waals surface area (Å²) < 4.78 is 0. The Balaban J connectivity index is 2.46. The standard InChI is InChI=1S/C9H10N4O2/c1-6-2-3-7(9(14)15)8(11-6)13-5-4-10-12-13/h2-5,10,12H,1H3,(H,14,15). The number of aromatic carboxylic acids is 1. The maximum absolute atomic E-state index is 11.0. The first kappa shape index (κ1) is 9.47. The number of hydrazine groups is 2. The Bertz CT molecular complexity index is 430. The molecule has 2 heterocycles. The average Bonchev–Trinajstić information content (AvgIpc) is 2.69. The molecular formula is C9H10N4O2. The summed E-state index contributed by atoms with van der Waals surface area (Å²) in [7, 11) is 0. The number of carboxylic acids is 1. The molecule has 1 aromatic rings. The van der Waals surface area contributed by atoms with Crippen molar-refractivity contribution >= 4 is 11.8 Å². The van der Waals surface area contributed by atoms with Gasteiger partial charge in [0.05, 0.1) is 0 Å². The van der Waals surface area contributed by atoms with E-state index in [-0.39, 0.29) is 5.56 Å². The summed E-state index contributed by atoms with van der Waals surface area (Å²) >= 11 is 0. The van der Waals surface area contributed by atoms with Crippen LogP contribution < -0.4 is 16.0 Å². The normalized spacial score (nSPS) is 14.1. The zero-order chi connectivity index (χ0) is 10.8. The van der Waals surface area contributed by atoms with Gasteiger partial charge < -0.3 is 10.5 Å². The highest BCUT2D eigenvalue weighted by Gasteiger charge is 2.17. The maximum Gasteiger partial charge on any atom is 0.339 e. The molecule has 2 rings (SSSR count). The molecule has 6 nitrogen and oxygen atoms in total. The Hall–Kier alpha value is -2.08. The minimum Gasteiger partial charge on any atom is -0.478 e. The van der Waals surface area contributed by atoms with E-state index < -0.39 is 5.97 Å². The molecule has 0 saturated carbocycles. The molecule has 0 saturated heterocycles. The molecule has 0 aliphatic carbocycles. The molecule has 0 atom stereocenters. The molecule has 0 aromatic carbocycles. The number of nitrogens with one attached hydrogen (secondary N) is 2. The van der Waals surface area contributed by atoms with E-state index in [0.29, 0.717) is 5.82 Å². The van der Waals surface area contributed by atoms with Crippen molar-refractivity contribution in [2.45, 2.75) is 6.92 Å². The van der Waals surface area contributed by atoms with Crippen LogP contribution in [0.2, 0.25) is 0 Å². The van der Waals surface area contributed by atoms with Gasteiger partial charge in [-0.25, -0.2) is 14.8 Å². The fourth-order valence-electron chi connectivity index (χ4n) is 1.27. The smallest absolute Gasteiger partial charge is 0.339 e. The fourth-order valence-corrected chi connectivity index (χ4v) is 1.27. The Morgan fingerprint density at radius 2 is 2.33 bits per heavy atom. The first-order valence-electron chi connectivity index (χ1n) is 4.36. The minimum absolute atomic E-state index is 0.154. The highest BCUT2D eigenvalue weighted by Crippen LogP contribution is 2.18. The summed E-state index contributed by atoms with van der Waals surface area (Å²) in [6, 6.07) is 3.20. The molecule has 78 valence electrons. The van der Waals surface area contributed by atoms with Crippen LogP contribution in [0.3, 0.4) is 0 Å². The van der Waals surface area contributed by atoms with Gasteiger partial charge in [0.25, 0.3) is 0 Å². The zero-order valence-corrected chi connectivity index (χ0v) is 8.06. The quantitative estimate of drug-likeness (QED) is 0.649. The van der Waals surface area contributed by atoms with E-state index >= 15 is 0 Å². The zero-order valence-electron chi connectivity index (χ0n) is 8.06. The summed E-state index contributed by atoms with van der Waals surface area (Å²) in [6.07, 6.45) is 3.31. The Morgan fingerprint density at radius 1 is 1.53 bits per heavy atom. The van der Waals surface area contributed by atoms with E-state index in [0.717, 1.165) is 5.69 Å². The summed E-state index contributed by atoms with van der Waals surface area (Å²) in [5.74, 6) is -0.636. The van der Waals surface area contributed by atoms with Gasteiger partial charge in [-0.05, 0) is 19.1 Å². The number of carboxylic acid groups (broad SMARTS) is 1. The molecule has 3 N–H and O–H groups in total. The van der Waals surface area contributed by atoms with Gasteiger partial charge in [0.2, 0.25) is 0 Å². The number of rotatable bonds is 2. The Kier molecular flexibility index (Phi) is 2.26. The molecule has 0 spiro atoms. The number of pyridine rings is 1. The minimum atomic E-state index is -1.00. The lowest BCUT2D eigenvalue weighted by atomic mass is 10.2. The Morgan fingerprint density at radius 3 is 2.93 bits per heavy atom. The van der Waals surface area contributed by atoms with Crippen LogP contribution in [0.5, 0.6) is 0 Å². The van der Waals surface area contributed by atoms with E-state index in [4.69, 9.17) is 5.11 Å². The number of aryl methyl sites for hydroxylation is 1. The van der Waals surface area contributed by atoms with E-state index in [9.17, 15) is 4.79 Å². The van der Waals surface area contributed by atoms with Gasteiger partial charge in [-0.15, -0.1) is 5.53 Å². The second kappa shape index (κ2) is 3.58. The molecule has 0 bridgehead atoms. The molecular weight excluding hydrogens is 196 g/mol. The van der Waals surface area contributed by atoms with Crippen LogP contribution in [-0.2, 0) is 0 Å². The number of nitrogens with zero attached hydrogens (tertiary/aromatic N) is 2. The molecule has 1 aliphatic rings. The number of aromatic nitrogens is 1. The number of carbonyl (C=O) groups is 1. The van der Waals surface area contributed by atoms with Gasteiger partial charge in [0, 0.05) is 18.1 Å². The van der Waals surface area contributed by atoms with Gasteiger partial charge >= 0.3 is 5.97 Å². The molecule has 1 aliphatic heterocycles. The van der Waals surface area contributed by atoms with Crippen molar-refractivity contribution in [2.75, 3.05) is 5.01 Å². The van der Waals surface area contributed by atoms with Gasteiger partial charge in [0.1, 0.15) is 5.56 Å². The summed E-state index contributed by atoms with van der Waals surface area (Å²) in [5.41, 5.74) is 6.38. The molecule has 0 radical (unpaired) electrons. The molecule has 0 amide bonds. The van der Waals surface area contributed by atoms with Gasteiger partial charge in [-0.3, -0.25) is 0 Å². The van der Waals surface area contributed by atoms with Crippen LogP contribution in [0.1, 0.15) is 16.1 Å². The first-order valence-corrected chi connectivity index (χ1v) is 4.36. The Labute approximate surface area is 86.2 Å². The second-order valence-corrected chi connectivity index (χ2v) is 3.07. The van der Waals surface area contributed by atoms with Crippen molar-refractivity contribution in [3.63, 3.8) is 0 Å². The average molecular weight is 206 g/mol. The highest BCUT2D eigenvalue weighted by molar-refractivity contribution is 5.93. The van der Waals surface area contributed by atoms with Crippen molar-refractivity contribution in [1.29, 1.82) is 0 Å². The first-order chi connectivity index (χ1) is 7.18. The maximum atomic E-state index is 11.0. The van der Waals surface area contributed by atoms with Crippen molar-refractivity contribution in [2.24, 2.45) is 0 Å². The fraction of sp³-hybridized carbons (Fsp3) is 0.111. The molecule has 6 heteroatoms. The van der Waals surface area contributed by atoms with Crippen molar-refractivity contribution < 1.29 is 9.90 Å². The second-order valence-electron chi connectivity index (χ2n) is 3.07. The molecule has 0 unspecified atom stereocenters. The molecule has 15 heavy (non-hydrogen) atoms. The van der Waals surface area contributed by atoms with Crippen LogP contribution in [0.4, 0.5) is 5.82 Å². The summed E-state index contributed by atoms with van der Waals surface area (Å²) in [4.78, 5) is 15.1. The third-order valence-electron chi connectivity index (χ3n) is 1.96. The molecule has 1 aromatic heterocycles. The van der Waals surface area contributed by atoms with Gasteiger partial charge in [-0.1, -0.05) is 0 Å². The lowest BCUT2D eigenvalue weighted by molar-refractivity contribution is 0.0697. The van der Waals surface area contributed by atoms with Crippen LogP contribution >= 0.6 is 0 Å². The largest absolute Gasteiger partial charge is 0.478 e. The number of anilines is 1. The third kappa shape index (κ3) is 1.75. The lowest BCUT2D eigenvalue weighted by Crippen LogP contribution is -2.36. The number of hydrogen-bond acceptors (Lipinski definition) is 5. The third-order valence-corrected chi connectivity index (χ3v) is 1.96. The van der Waals surface area contributed by atoms with Gasteiger partial charge in [0.15, 0.2) is 5.82 Å². The van der Waals surface area contributed by atoms with E-state index in [2.05, 4.69) is 15.9 Å². The van der Waals surface area contributed by atoms with E-state index in [1.807, 2.05) is 6.92 Å². The topological polar surface area (TPSA) is 77.5 Å². The van der Waals surface area contributed by atoms with Crippen LogP contribution in [0, 0.1) is 6.92 Å². The predicted octanol–water partition coefficient (Wildman–Crippen LogP) is 0.389. The number of hydrogen-bond donors (Lipinski definition) is 3. The van der Waals surface area contributed by atoms with Gasteiger partial charge in [-0.2, -0.15) is 0 Å². The van der Waals surface area contributed by atoms with Crippen LogP contribution in [0.25, 0.3) is 0 Å².